The minimum absolute atomic E-state index is 0.0855. The number of hydrogen-bond donors (Lipinski definition) is 2. The maximum atomic E-state index is 12.5. The standard InChI is InChI=1S/C16H20BrN3O/c1-3-8-20-11-13(17)9-15(20)16(21)19-14-7-5-4-6-12(14)10-18-2/h4-7,9,11,18H,3,8,10H2,1-2H3,(H,19,21). The maximum Gasteiger partial charge on any atom is 0.272 e. The average molecular weight is 350 g/mol. The van der Waals surface area contributed by atoms with E-state index in [-0.39, 0.29) is 5.91 Å². The van der Waals surface area contributed by atoms with Crippen molar-refractivity contribution in [3.63, 3.8) is 0 Å². The van der Waals surface area contributed by atoms with Crippen LogP contribution in [0.3, 0.4) is 0 Å². The molecular weight excluding hydrogens is 330 g/mol. The lowest BCUT2D eigenvalue weighted by Gasteiger charge is -2.12. The molecular formula is C16H20BrN3O. The fourth-order valence-corrected chi connectivity index (χ4v) is 2.73. The first-order chi connectivity index (χ1) is 10.2. The molecule has 2 rings (SSSR count). The number of aromatic nitrogens is 1. The molecule has 0 fully saturated rings. The van der Waals surface area contributed by atoms with Gasteiger partial charge in [-0.3, -0.25) is 4.79 Å². The Kier molecular flexibility index (Phi) is 5.59. The number of hydrogen-bond acceptors (Lipinski definition) is 2. The van der Waals surface area contributed by atoms with Crippen molar-refractivity contribution in [2.24, 2.45) is 0 Å². The fourth-order valence-electron chi connectivity index (χ4n) is 2.26. The summed E-state index contributed by atoms with van der Waals surface area (Å²) in [6.07, 6.45) is 2.93. The molecule has 4 nitrogen and oxygen atoms in total. The van der Waals surface area contributed by atoms with Crippen LogP contribution < -0.4 is 10.6 Å². The molecule has 0 aliphatic rings. The molecule has 1 heterocycles. The maximum absolute atomic E-state index is 12.5. The van der Waals surface area contributed by atoms with Crippen LogP contribution in [0.2, 0.25) is 0 Å². The number of amides is 1. The molecule has 0 spiro atoms. The number of carbonyl (C=O) groups excluding carboxylic acids is 1. The molecule has 0 unspecified atom stereocenters. The predicted molar refractivity (Wildman–Crippen MR) is 89.6 cm³/mol. The first-order valence-electron chi connectivity index (χ1n) is 7.05. The van der Waals surface area contributed by atoms with Gasteiger partial charge >= 0.3 is 0 Å². The summed E-state index contributed by atoms with van der Waals surface area (Å²) in [5.74, 6) is -0.0855. The molecule has 0 radical (unpaired) electrons. The summed E-state index contributed by atoms with van der Waals surface area (Å²) in [5, 5.41) is 6.11. The summed E-state index contributed by atoms with van der Waals surface area (Å²) >= 11 is 3.44. The zero-order valence-corrected chi connectivity index (χ0v) is 13.9. The highest BCUT2D eigenvalue weighted by atomic mass is 79.9. The Balaban J connectivity index is 2.22. The van der Waals surface area contributed by atoms with Gasteiger partial charge in [0, 0.05) is 29.4 Å². The Labute approximate surface area is 133 Å². The lowest BCUT2D eigenvalue weighted by molar-refractivity contribution is 0.101. The summed E-state index contributed by atoms with van der Waals surface area (Å²) in [4.78, 5) is 12.5. The number of halogens is 1. The molecule has 0 saturated carbocycles. The first kappa shape index (κ1) is 15.8. The van der Waals surface area contributed by atoms with E-state index < -0.39 is 0 Å². The molecule has 0 aliphatic heterocycles. The Bertz CT molecular complexity index is 622. The van der Waals surface area contributed by atoms with Crippen molar-refractivity contribution in [3.8, 4) is 0 Å². The third-order valence-electron chi connectivity index (χ3n) is 3.19. The summed E-state index contributed by atoms with van der Waals surface area (Å²) in [6.45, 7) is 3.64. The second kappa shape index (κ2) is 7.43. The van der Waals surface area contributed by atoms with Crippen molar-refractivity contribution in [1.82, 2.24) is 9.88 Å². The minimum Gasteiger partial charge on any atom is -0.342 e. The van der Waals surface area contributed by atoms with E-state index in [9.17, 15) is 4.79 Å². The Morgan fingerprint density at radius 2 is 2.10 bits per heavy atom. The van der Waals surface area contributed by atoms with Gasteiger partial charge in [0.05, 0.1) is 0 Å². The minimum atomic E-state index is -0.0855. The van der Waals surface area contributed by atoms with E-state index in [0.29, 0.717) is 5.69 Å². The number of benzene rings is 1. The molecule has 0 saturated heterocycles. The number of aryl methyl sites for hydroxylation is 1. The van der Waals surface area contributed by atoms with Crippen LogP contribution in [0.25, 0.3) is 0 Å². The van der Waals surface area contributed by atoms with Gasteiger partial charge in [0.15, 0.2) is 0 Å². The summed E-state index contributed by atoms with van der Waals surface area (Å²) in [6, 6.07) is 9.68. The van der Waals surface area contributed by atoms with Gasteiger partial charge in [0.25, 0.3) is 5.91 Å². The molecule has 21 heavy (non-hydrogen) atoms. The molecule has 1 aromatic carbocycles. The van der Waals surface area contributed by atoms with Crippen molar-refractivity contribution < 1.29 is 4.79 Å². The quantitative estimate of drug-likeness (QED) is 0.836. The first-order valence-corrected chi connectivity index (χ1v) is 7.84. The molecule has 0 aliphatic carbocycles. The fraction of sp³-hybridized carbons (Fsp3) is 0.312. The van der Waals surface area contributed by atoms with Gasteiger partial charge in [-0.15, -0.1) is 0 Å². The third-order valence-corrected chi connectivity index (χ3v) is 3.63. The van der Waals surface area contributed by atoms with Crippen LogP contribution in [-0.4, -0.2) is 17.5 Å². The molecule has 2 N–H and O–H groups in total. The number of carbonyl (C=O) groups is 1. The van der Waals surface area contributed by atoms with Gasteiger partial charge in [0.2, 0.25) is 0 Å². The molecule has 1 aromatic heterocycles. The van der Waals surface area contributed by atoms with Gasteiger partial charge in [-0.05, 0) is 47.1 Å². The zero-order valence-electron chi connectivity index (χ0n) is 12.3. The highest BCUT2D eigenvalue weighted by molar-refractivity contribution is 9.10. The lowest BCUT2D eigenvalue weighted by atomic mass is 10.1. The number of nitrogens with zero attached hydrogens (tertiary/aromatic N) is 1. The molecule has 0 bridgehead atoms. The predicted octanol–water partition coefficient (Wildman–Crippen LogP) is 3.63. The van der Waals surface area contributed by atoms with E-state index in [1.54, 1.807) is 0 Å². The highest BCUT2D eigenvalue weighted by Gasteiger charge is 2.14. The summed E-state index contributed by atoms with van der Waals surface area (Å²) < 4.78 is 2.89. The SMILES string of the molecule is CCCn1cc(Br)cc1C(=O)Nc1ccccc1CNC. The topological polar surface area (TPSA) is 46.1 Å². The smallest absolute Gasteiger partial charge is 0.272 e. The van der Waals surface area contributed by atoms with E-state index in [1.807, 2.05) is 48.1 Å². The van der Waals surface area contributed by atoms with Crippen molar-refractivity contribution in [1.29, 1.82) is 0 Å². The largest absolute Gasteiger partial charge is 0.342 e. The third kappa shape index (κ3) is 3.95. The van der Waals surface area contributed by atoms with Gasteiger partial charge in [-0.2, -0.15) is 0 Å². The van der Waals surface area contributed by atoms with E-state index in [4.69, 9.17) is 0 Å². The van der Waals surface area contributed by atoms with Gasteiger partial charge < -0.3 is 15.2 Å². The Hall–Kier alpha value is -1.59. The van der Waals surface area contributed by atoms with Crippen LogP contribution in [0.4, 0.5) is 5.69 Å². The van der Waals surface area contributed by atoms with Crippen LogP contribution >= 0.6 is 15.9 Å². The lowest BCUT2D eigenvalue weighted by Crippen LogP contribution is -2.18. The molecule has 5 heteroatoms. The normalized spacial score (nSPS) is 10.6. The average Bonchev–Trinajstić information content (AvgIpc) is 2.83. The number of nitrogens with one attached hydrogen (secondary N) is 2. The second-order valence-electron chi connectivity index (χ2n) is 4.88. The van der Waals surface area contributed by atoms with Crippen LogP contribution in [0, 0.1) is 0 Å². The van der Waals surface area contributed by atoms with E-state index in [0.717, 1.165) is 35.2 Å². The number of para-hydroxylation sites is 1. The second-order valence-corrected chi connectivity index (χ2v) is 5.79. The van der Waals surface area contributed by atoms with Crippen molar-refractivity contribution in [2.45, 2.75) is 26.4 Å². The summed E-state index contributed by atoms with van der Waals surface area (Å²) in [5.41, 5.74) is 2.58. The van der Waals surface area contributed by atoms with Crippen molar-refractivity contribution >= 4 is 27.5 Å². The number of rotatable bonds is 6. The van der Waals surface area contributed by atoms with Crippen LogP contribution in [0.15, 0.2) is 41.0 Å². The molecule has 0 atom stereocenters. The van der Waals surface area contributed by atoms with Gasteiger partial charge in [-0.25, -0.2) is 0 Å². The summed E-state index contributed by atoms with van der Waals surface area (Å²) in [7, 11) is 1.89. The van der Waals surface area contributed by atoms with E-state index >= 15 is 0 Å². The molecule has 1 amide bonds. The van der Waals surface area contributed by atoms with Crippen LogP contribution in [0.1, 0.15) is 29.4 Å². The van der Waals surface area contributed by atoms with Gasteiger partial charge in [-0.1, -0.05) is 25.1 Å². The van der Waals surface area contributed by atoms with E-state index in [2.05, 4.69) is 33.5 Å². The van der Waals surface area contributed by atoms with Crippen molar-refractivity contribution in [3.05, 3.63) is 52.3 Å². The monoisotopic (exact) mass is 349 g/mol. The van der Waals surface area contributed by atoms with Crippen LogP contribution in [0.5, 0.6) is 0 Å². The Morgan fingerprint density at radius 3 is 2.81 bits per heavy atom. The Morgan fingerprint density at radius 1 is 1.33 bits per heavy atom. The van der Waals surface area contributed by atoms with Crippen LogP contribution in [-0.2, 0) is 13.1 Å². The molecule has 2 aromatic rings. The number of anilines is 1. The van der Waals surface area contributed by atoms with Crippen molar-refractivity contribution in [2.75, 3.05) is 12.4 Å². The molecule has 112 valence electrons. The zero-order chi connectivity index (χ0) is 15.2. The highest BCUT2D eigenvalue weighted by Crippen LogP contribution is 2.19. The van der Waals surface area contributed by atoms with E-state index in [1.165, 1.54) is 0 Å². The van der Waals surface area contributed by atoms with Gasteiger partial charge in [0.1, 0.15) is 5.69 Å².